The summed E-state index contributed by atoms with van der Waals surface area (Å²) in [6.45, 7) is 4.61. The van der Waals surface area contributed by atoms with E-state index in [1.54, 1.807) is 13.8 Å². The molecule has 1 rings (SSSR count). The number of nitro groups is 1. The minimum absolute atomic E-state index is 0.117. The Balaban J connectivity index is 3.42. The number of nitrogens with one attached hydrogen (secondary N) is 1. The van der Waals surface area contributed by atoms with Crippen LogP contribution in [0.4, 0.5) is 10.1 Å². The van der Waals surface area contributed by atoms with E-state index >= 15 is 0 Å². The Bertz CT molecular complexity index is 584. The van der Waals surface area contributed by atoms with E-state index in [-0.39, 0.29) is 16.5 Å². The molecule has 0 aliphatic rings. The van der Waals surface area contributed by atoms with Gasteiger partial charge in [-0.15, -0.1) is 0 Å². The monoisotopic (exact) mass is 276 g/mol. The summed E-state index contributed by atoms with van der Waals surface area (Å²) < 4.78 is 39.4. The first-order chi connectivity index (χ1) is 8.15. The van der Waals surface area contributed by atoms with E-state index in [0.717, 1.165) is 12.1 Å². The smallest absolute Gasteiger partial charge is 0.258 e. The van der Waals surface area contributed by atoms with Gasteiger partial charge in [0.1, 0.15) is 0 Å². The Kier molecular flexibility index (Phi) is 4.02. The Morgan fingerprint density at radius 1 is 1.39 bits per heavy atom. The Hall–Kier alpha value is -1.54. The molecule has 0 spiro atoms. The number of rotatable bonds is 4. The van der Waals surface area contributed by atoms with Crippen LogP contribution in [0.5, 0.6) is 0 Å². The lowest BCUT2D eigenvalue weighted by atomic mass is 10.2. The summed E-state index contributed by atoms with van der Waals surface area (Å²) in [5, 5.41) is 10.6. The average Bonchev–Trinajstić information content (AvgIpc) is 2.13. The van der Waals surface area contributed by atoms with Crippen LogP contribution < -0.4 is 4.72 Å². The van der Waals surface area contributed by atoms with Gasteiger partial charge in [0.15, 0.2) is 0 Å². The third-order valence-corrected chi connectivity index (χ3v) is 3.92. The fourth-order valence-electron chi connectivity index (χ4n) is 1.45. The second-order valence-corrected chi connectivity index (χ2v) is 5.78. The Labute approximate surface area is 104 Å². The van der Waals surface area contributed by atoms with E-state index in [2.05, 4.69) is 4.72 Å². The highest BCUT2D eigenvalue weighted by Crippen LogP contribution is 2.25. The molecule has 1 aromatic rings. The lowest BCUT2D eigenvalue weighted by molar-refractivity contribution is -0.387. The van der Waals surface area contributed by atoms with Crippen molar-refractivity contribution in [1.29, 1.82) is 0 Å². The summed E-state index contributed by atoms with van der Waals surface area (Å²) in [7, 11) is -3.88. The van der Waals surface area contributed by atoms with Crippen LogP contribution in [-0.2, 0) is 10.0 Å². The summed E-state index contributed by atoms with van der Waals surface area (Å²) in [6, 6.07) is 1.21. The zero-order valence-corrected chi connectivity index (χ0v) is 10.9. The molecule has 0 amide bonds. The second-order valence-electron chi connectivity index (χ2n) is 4.10. The summed E-state index contributed by atoms with van der Waals surface area (Å²) in [5.74, 6) is -1.05. The summed E-state index contributed by atoms with van der Waals surface area (Å²) >= 11 is 0. The number of aryl methyl sites for hydroxylation is 1. The third-order valence-electron chi connectivity index (χ3n) is 2.12. The summed E-state index contributed by atoms with van der Waals surface area (Å²) in [6.07, 6.45) is 0. The standard InChI is InChI=1S/C10H13FN2O4S/c1-6(2)12-18(16,17)10-5-9(13(14)15)8(11)4-7(10)3/h4-6,12H,1-3H3. The molecule has 100 valence electrons. The average molecular weight is 276 g/mol. The van der Waals surface area contributed by atoms with Crippen molar-refractivity contribution in [2.24, 2.45) is 0 Å². The van der Waals surface area contributed by atoms with Gasteiger partial charge in [-0.2, -0.15) is 4.39 Å². The number of halogens is 1. The topological polar surface area (TPSA) is 89.3 Å². The molecular formula is C10H13FN2O4S. The van der Waals surface area contributed by atoms with Crippen molar-refractivity contribution in [2.75, 3.05) is 0 Å². The molecule has 0 bridgehead atoms. The number of nitro benzene ring substituents is 1. The van der Waals surface area contributed by atoms with Gasteiger partial charge in [0.25, 0.3) is 0 Å². The van der Waals surface area contributed by atoms with Gasteiger partial charge in [0.05, 0.1) is 9.82 Å². The first kappa shape index (κ1) is 14.5. The minimum Gasteiger partial charge on any atom is -0.258 e. The molecular weight excluding hydrogens is 263 g/mol. The Morgan fingerprint density at radius 2 is 1.94 bits per heavy atom. The van der Waals surface area contributed by atoms with E-state index < -0.39 is 26.5 Å². The molecule has 0 unspecified atom stereocenters. The Morgan fingerprint density at radius 3 is 2.39 bits per heavy atom. The maximum Gasteiger partial charge on any atom is 0.306 e. The first-order valence-corrected chi connectivity index (χ1v) is 6.60. The van der Waals surface area contributed by atoms with Gasteiger partial charge in [0, 0.05) is 12.1 Å². The van der Waals surface area contributed by atoms with Crippen LogP contribution >= 0.6 is 0 Å². The predicted molar refractivity (Wildman–Crippen MR) is 63.2 cm³/mol. The van der Waals surface area contributed by atoms with Crippen molar-refractivity contribution in [3.05, 3.63) is 33.6 Å². The van der Waals surface area contributed by atoms with Crippen molar-refractivity contribution in [3.8, 4) is 0 Å². The van der Waals surface area contributed by atoms with Gasteiger partial charge >= 0.3 is 5.69 Å². The highest BCUT2D eigenvalue weighted by Gasteiger charge is 2.24. The van der Waals surface area contributed by atoms with Gasteiger partial charge in [0.2, 0.25) is 15.8 Å². The molecule has 18 heavy (non-hydrogen) atoms. The number of benzene rings is 1. The first-order valence-electron chi connectivity index (χ1n) is 5.12. The molecule has 1 N–H and O–H groups in total. The molecule has 0 saturated carbocycles. The van der Waals surface area contributed by atoms with E-state index in [1.807, 2.05) is 0 Å². The van der Waals surface area contributed by atoms with Crippen LogP contribution in [0.2, 0.25) is 0 Å². The minimum atomic E-state index is -3.88. The SMILES string of the molecule is Cc1cc(F)c([N+](=O)[O-])cc1S(=O)(=O)NC(C)C. The number of nitrogens with zero attached hydrogens (tertiary/aromatic N) is 1. The number of hydrogen-bond donors (Lipinski definition) is 1. The molecule has 0 radical (unpaired) electrons. The molecule has 6 nitrogen and oxygen atoms in total. The van der Waals surface area contributed by atoms with Gasteiger partial charge in [-0.3, -0.25) is 10.1 Å². The second kappa shape index (κ2) is 4.99. The van der Waals surface area contributed by atoms with E-state index in [4.69, 9.17) is 0 Å². The summed E-state index contributed by atoms with van der Waals surface area (Å²) in [5.41, 5.74) is -0.740. The van der Waals surface area contributed by atoms with E-state index in [1.165, 1.54) is 6.92 Å². The zero-order valence-electron chi connectivity index (χ0n) is 10.1. The molecule has 1 aromatic carbocycles. The van der Waals surface area contributed by atoms with Crippen molar-refractivity contribution < 1.29 is 17.7 Å². The molecule has 0 atom stereocenters. The maximum atomic E-state index is 13.3. The number of sulfonamides is 1. The lowest BCUT2D eigenvalue weighted by Gasteiger charge is -2.11. The summed E-state index contributed by atoms with van der Waals surface area (Å²) in [4.78, 5) is 9.34. The van der Waals surface area contributed by atoms with Crippen LogP contribution in [0.1, 0.15) is 19.4 Å². The van der Waals surface area contributed by atoms with Crippen molar-refractivity contribution in [2.45, 2.75) is 31.7 Å². The molecule has 0 heterocycles. The molecule has 0 aromatic heterocycles. The normalized spacial score (nSPS) is 11.8. The van der Waals surface area contributed by atoms with Gasteiger partial charge in [-0.25, -0.2) is 13.1 Å². The largest absolute Gasteiger partial charge is 0.306 e. The van der Waals surface area contributed by atoms with Gasteiger partial charge in [-0.05, 0) is 32.4 Å². The molecule has 0 aliphatic carbocycles. The zero-order chi connectivity index (χ0) is 14.1. The highest BCUT2D eigenvalue weighted by atomic mass is 32.2. The maximum absolute atomic E-state index is 13.3. The van der Waals surface area contributed by atoms with Crippen molar-refractivity contribution in [1.82, 2.24) is 4.72 Å². The molecule has 0 aliphatic heterocycles. The van der Waals surface area contributed by atoms with E-state index in [0.29, 0.717) is 0 Å². The predicted octanol–water partition coefficient (Wildman–Crippen LogP) is 1.73. The van der Waals surface area contributed by atoms with E-state index in [9.17, 15) is 22.9 Å². The molecule has 0 fully saturated rings. The highest BCUT2D eigenvalue weighted by molar-refractivity contribution is 7.89. The van der Waals surface area contributed by atoms with Crippen LogP contribution in [0, 0.1) is 22.9 Å². The van der Waals surface area contributed by atoms with Crippen LogP contribution in [0.25, 0.3) is 0 Å². The quantitative estimate of drug-likeness (QED) is 0.670. The van der Waals surface area contributed by atoms with Gasteiger partial charge in [-0.1, -0.05) is 0 Å². The number of hydrogen-bond acceptors (Lipinski definition) is 4. The molecule has 0 saturated heterocycles. The fourth-order valence-corrected chi connectivity index (χ4v) is 2.94. The van der Waals surface area contributed by atoms with Gasteiger partial charge < -0.3 is 0 Å². The fraction of sp³-hybridized carbons (Fsp3) is 0.400. The third kappa shape index (κ3) is 3.02. The van der Waals surface area contributed by atoms with Crippen LogP contribution in [0.3, 0.4) is 0 Å². The molecule has 8 heteroatoms. The van der Waals surface area contributed by atoms with Crippen LogP contribution in [0.15, 0.2) is 17.0 Å². The van der Waals surface area contributed by atoms with Crippen molar-refractivity contribution >= 4 is 15.7 Å². The van der Waals surface area contributed by atoms with Crippen LogP contribution in [-0.4, -0.2) is 19.4 Å². The van der Waals surface area contributed by atoms with Crippen molar-refractivity contribution in [3.63, 3.8) is 0 Å². The lowest BCUT2D eigenvalue weighted by Crippen LogP contribution is -2.30.